The van der Waals surface area contributed by atoms with E-state index in [1.54, 1.807) is 17.8 Å². The van der Waals surface area contributed by atoms with E-state index in [2.05, 4.69) is 10.3 Å². The number of pyridine rings is 1. The zero-order valence-corrected chi connectivity index (χ0v) is 13.7. The molecule has 1 aromatic heterocycles. The van der Waals surface area contributed by atoms with Crippen molar-refractivity contribution in [1.29, 1.82) is 0 Å². The van der Waals surface area contributed by atoms with Crippen LogP contribution in [0.15, 0.2) is 12.1 Å². The van der Waals surface area contributed by atoms with Crippen LogP contribution in [0.25, 0.3) is 0 Å². The van der Waals surface area contributed by atoms with Crippen molar-refractivity contribution in [3.05, 3.63) is 28.5 Å². The molecule has 0 aromatic carbocycles. The van der Waals surface area contributed by atoms with Crippen molar-refractivity contribution in [1.82, 2.24) is 10.3 Å². The highest BCUT2D eigenvalue weighted by atomic mass is 35.5. The Hall–Kier alpha value is -0.740. The summed E-state index contributed by atoms with van der Waals surface area (Å²) in [6, 6.07) is 3.55. The SMILES string of the molecule is CSCC(C)NC(=O)c1cc(Cl)nc(C(C)(C)C)c1. The number of thioether (sulfide) groups is 1. The molecular weight excluding hydrogens is 280 g/mol. The van der Waals surface area contributed by atoms with E-state index in [-0.39, 0.29) is 17.4 Å². The molecule has 19 heavy (non-hydrogen) atoms. The zero-order chi connectivity index (χ0) is 14.6. The molecule has 0 spiro atoms. The quantitative estimate of drug-likeness (QED) is 0.865. The highest BCUT2D eigenvalue weighted by Crippen LogP contribution is 2.23. The molecule has 0 saturated carbocycles. The zero-order valence-electron chi connectivity index (χ0n) is 12.1. The first-order valence-corrected chi connectivity index (χ1v) is 7.99. The number of nitrogens with one attached hydrogen (secondary N) is 1. The lowest BCUT2D eigenvalue weighted by Gasteiger charge is -2.19. The minimum Gasteiger partial charge on any atom is -0.349 e. The monoisotopic (exact) mass is 300 g/mol. The molecule has 0 aliphatic carbocycles. The number of aromatic nitrogens is 1. The van der Waals surface area contributed by atoms with Gasteiger partial charge in [0.2, 0.25) is 0 Å². The van der Waals surface area contributed by atoms with Gasteiger partial charge in [-0.15, -0.1) is 0 Å². The number of nitrogens with zero attached hydrogens (tertiary/aromatic N) is 1. The summed E-state index contributed by atoms with van der Waals surface area (Å²) in [4.78, 5) is 16.4. The van der Waals surface area contributed by atoms with Gasteiger partial charge in [0, 0.05) is 28.5 Å². The third kappa shape index (κ3) is 5.03. The average Bonchev–Trinajstić information content (AvgIpc) is 2.27. The molecule has 5 heteroatoms. The largest absolute Gasteiger partial charge is 0.349 e. The summed E-state index contributed by atoms with van der Waals surface area (Å²) >= 11 is 7.71. The molecular formula is C14H21ClN2OS. The Morgan fingerprint density at radius 3 is 2.63 bits per heavy atom. The summed E-state index contributed by atoms with van der Waals surface area (Å²) in [5.74, 6) is 0.785. The normalized spacial score (nSPS) is 13.2. The van der Waals surface area contributed by atoms with Crippen LogP contribution in [-0.2, 0) is 5.41 Å². The topological polar surface area (TPSA) is 42.0 Å². The van der Waals surface area contributed by atoms with Gasteiger partial charge in [-0.05, 0) is 25.3 Å². The lowest BCUT2D eigenvalue weighted by Crippen LogP contribution is -2.34. The lowest BCUT2D eigenvalue weighted by molar-refractivity contribution is 0.0943. The molecule has 1 aromatic rings. The van der Waals surface area contributed by atoms with Crippen molar-refractivity contribution in [2.75, 3.05) is 12.0 Å². The second-order valence-electron chi connectivity index (χ2n) is 5.64. The fourth-order valence-electron chi connectivity index (χ4n) is 1.61. The van der Waals surface area contributed by atoms with Crippen molar-refractivity contribution >= 4 is 29.3 Å². The molecule has 1 heterocycles. The third-order valence-corrected chi connectivity index (χ3v) is 3.65. The molecule has 0 saturated heterocycles. The van der Waals surface area contributed by atoms with Crippen LogP contribution >= 0.6 is 23.4 Å². The second-order valence-corrected chi connectivity index (χ2v) is 6.94. The van der Waals surface area contributed by atoms with Crippen molar-refractivity contribution in [2.24, 2.45) is 0 Å². The van der Waals surface area contributed by atoms with Crippen LogP contribution in [0.2, 0.25) is 5.15 Å². The molecule has 1 amide bonds. The number of rotatable bonds is 4. The van der Waals surface area contributed by atoms with Gasteiger partial charge in [0.1, 0.15) is 5.15 Å². The first kappa shape index (κ1) is 16.3. The van der Waals surface area contributed by atoms with Crippen molar-refractivity contribution in [3.63, 3.8) is 0 Å². The smallest absolute Gasteiger partial charge is 0.251 e. The number of hydrogen-bond donors (Lipinski definition) is 1. The molecule has 106 valence electrons. The number of amides is 1. The highest BCUT2D eigenvalue weighted by molar-refractivity contribution is 7.98. The van der Waals surface area contributed by atoms with Gasteiger partial charge >= 0.3 is 0 Å². The van der Waals surface area contributed by atoms with E-state index in [0.29, 0.717) is 10.7 Å². The van der Waals surface area contributed by atoms with Crippen molar-refractivity contribution in [2.45, 2.75) is 39.2 Å². The Labute approximate surface area is 124 Å². The first-order valence-electron chi connectivity index (χ1n) is 6.22. The molecule has 1 unspecified atom stereocenters. The van der Waals surface area contributed by atoms with Crippen LogP contribution in [0, 0.1) is 0 Å². The van der Waals surface area contributed by atoms with Gasteiger partial charge in [-0.3, -0.25) is 4.79 Å². The van der Waals surface area contributed by atoms with Crippen LogP contribution < -0.4 is 5.32 Å². The standard InChI is InChI=1S/C14H21ClN2OS/c1-9(8-19-5)16-13(18)10-6-11(14(2,3)4)17-12(15)7-10/h6-7,9H,8H2,1-5H3,(H,16,18). The van der Waals surface area contributed by atoms with Gasteiger partial charge < -0.3 is 5.32 Å². The van der Waals surface area contributed by atoms with Crippen LogP contribution in [0.1, 0.15) is 43.7 Å². The summed E-state index contributed by atoms with van der Waals surface area (Å²) in [5, 5.41) is 3.31. The maximum Gasteiger partial charge on any atom is 0.251 e. The first-order chi connectivity index (χ1) is 8.74. The number of halogens is 1. The van der Waals surface area contributed by atoms with Gasteiger partial charge in [0.05, 0.1) is 0 Å². The minimum absolute atomic E-state index is 0.101. The van der Waals surface area contributed by atoms with Gasteiger partial charge in [-0.2, -0.15) is 11.8 Å². The molecule has 1 atom stereocenters. The fourth-order valence-corrected chi connectivity index (χ4v) is 2.40. The second kappa shape index (κ2) is 6.62. The Bertz CT molecular complexity index is 457. The Morgan fingerprint density at radius 2 is 2.11 bits per heavy atom. The predicted molar refractivity (Wildman–Crippen MR) is 83.3 cm³/mol. The van der Waals surface area contributed by atoms with E-state index < -0.39 is 0 Å². The van der Waals surface area contributed by atoms with Crippen molar-refractivity contribution in [3.8, 4) is 0 Å². The van der Waals surface area contributed by atoms with Crippen LogP contribution in [0.5, 0.6) is 0 Å². The van der Waals surface area contributed by atoms with Crippen LogP contribution in [-0.4, -0.2) is 28.9 Å². The van der Waals surface area contributed by atoms with E-state index in [4.69, 9.17) is 11.6 Å². The Balaban J connectivity index is 2.95. The summed E-state index contributed by atoms with van der Waals surface area (Å²) in [5.41, 5.74) is 1.26. The number of carbonyl (C=O) groups is 1. The van der Waals surface area contributed by atoms with Crippen LogP contribution in [0.4, 0.5) is 0 Å². The maximum atomic E-state index is 12.2. The number of hydrogen-bond acceptors (Lipinski definition) is 3. The molecule has 0 aliphatic rings. The summed E-state index contributed by atoms with van der Waals surface area (Å²) in [7, 11) is 0. The Morgan fingerprint density at radius 1 is 1.47 bits per heavy atom. The highest BCUT2D eigenvalue weighted by Gasteiger charge is 2.19. The molecule has 0 aliphatic heterocycles. The fraction of sp³-hybridized carbons (Fsp3) is 0.571. The van der Waals surface area contributed by atoms with E-state index >= 15 is 0 Å². The molecule has 1 rings (SSSR count). The average molecular weight is 301 g/mol. The van der Waals surface area contributed by atoms with Gasteiger partial charge in [0.25, 0.3) is 5.91 Å². The molecule has 1 N–H and O–H groups in total. The minimum atomic E-state index is -0.134. The van der Waals surface area contributed by atoms with Gasteiger partial charge in [0.15, 0.2) is 0 Å². The maximum absolute atomic E-state index is 12.2. The summed E-state index contributed by atoms with van der Waals surface area (Å²) in [6.45, 7) is 8.12. The van der Waals surface area contributed by atoms with Crippen LogP contribution in [0.3, 0.4) is 0 Å². The summed E-state index contributed by atoms with van der Waals surface area (Å²) in [6.07, 6.45) is 2.02. The molecule has 3 nitrogen and oxygen atoms in total. The Kier molecular flexibility index (Phi) is 5.68. The van der Waals surface area contributed by atoms with Crippen molar-refractivity contribution < 1.29 is 4.79 Å². The number of carbonyl (C=O) groups excluding carboxylic acids is 1. The van der Waals surface area contributed by atoms with Gasteiger partial charge in [-0.1, -0.05) is 32.4 Å². The summed E-state index contributed by atoms with van der Waals surface area (Å²) < 4.78 is 0. The molecule has 0 bridgehead atoms. The lowest BCUT2D eigenvalue weighted by atomic mass is 9.91. The van der Waals surface area contributed by atoms with E-state index in [1.807, 2.05) is 40.0 Å². The van der Waals surface area contributed by atoms with E-state index in [0.717, 1.165) is 11.4 Å². The van der Waals surface area contributed by atoms with E-state index in [9.17, 15) is 4.79 Å². The molecule has 0 radical (unpaired) electrons. The third-order valence-electron chi connectivity index (χ3n) is 2.62. The van der Waals surface area contributed by atoms with Gasteiger partial charge in [-0.25, -0.2) is 4.98 Å². The predicted octanol–water partition coefficient (Wildman–Crippen LogP) is 3.51. The molecule has 0 fully saturated rings. The van der Waals surface area contributed by atoms with E-state index in [1.165, 1.54) is 0 Å².